The topological polar surface area (TPSA) is 72.1 Å². The van der Waals surface area contributed by atoms with E-state index in [9.17, 15) is 4.79 Å². The Labute approximate surface area is 143 Å². The molecule has 1 heterocycles. The molecule has 2 rings (SSSR count). The highest BCUT2D eigenvalue weighted by Gasteiger charge is 2.24. The van der Waals surface area contributed by atoms with Crippen LogP contribution >= 0.6 is 0 Å². The van der Waals surface area contributed by atoms with Crippen molar-refractivity contribution < 1.29 is 19.0 Å². The number of nitrogens with one attached hydrogen (secondary N) is 2. The van der Waals surface area contributed by atoms with Crippen LogP contribution in [-0.2, 0) is 9.53 Å². The molecule has 24 heavy (non-hydrogen) atoms. The number of morpholine rings is 1. The summed E-state index contributed by atoms with van der Waals surface area (Å²) in [6.45, 7) is 3.92. The maximum absolute atomic E-state index is 11.8. The summed E-state index contributed by atoms with van der Waals surface area (Å²) in [7, 11) is 5.00. The van der Waals surface area contributed by atoms with Gasteiger partial charge < -0.3 is 24.8 Å². The van der Waals surface area contributed by atoms with E-state index >= 15 is 0 Å². The second kappa shape index (κ2) is 9.46. The van der Waals surface area contributed by atoms with E-state index in [0.717, 1.165) is 18.7 Å². The number of amides is 1. The summed E-state index contributed by atoms with van der Waals surface area (Å²) in [6.07, 6.45) is 0. The molecule has 0 bridgehead atoms. The lowest BCUT2D eigenvalue weighted by Crippen LogP contribution is -2.44. The van der Waals surface area contributed by atoms with E-state index < -0.39 is 0 Å². The Hall–Kier alpha value is -1.83. The molecule has 0 aromatic heterocycles. The molecule has 1 amide bonds. The minimum atomic E-state index is -0.0174. The van der Waals surface area contributed by atoms with E-state index in [0.29, 0.717) is 37.8 Å². The van der Waals surface area contributed by atoms with Crippen LogP contribution in [0.1, 0.15) is 11.6 Å². The first-order valence-corrected chi connectivity index (χ1v) is 8.14. The molecule has 1 aromatic carbocycles. The lowest BCUT2D eigenvalue weighted by Gasteiger charge is -2.35. The third kappa shape index (κ3) is 4.83. The standard InChI is InChI=1S/C17H27N3O4/c1-18-12-17(21)19-11-14(20-6-8-24-9-7-20)13-4-5-15(22-2)16(10-13)23-3/h4-5,10,14,18H,6-9,11-12H2,1-3H3,(H,19,21). The molecule has 1 saturated heterocycles. The Bertz CT molecular complexity index is 533. The molecule has 7 heteroatoms. The molecule has 1 fully saturated rings. The Morgan fingerprint density at radius 3 is 2.58 bits per heavy atom. The third-order valence-electron chi connectivity index (χ3n) is 4.11. The first kappa shape index (κ1) is 18.5. The van der Waals surface area contributed by atoms with Gasteiger partial charge in [0.2, 0.25) is 5.91 Å². The number of rotatable bonds is 8. The Morgan fingerprint density at radius 1 is 1.25 bits per heavy atom. The number of ether oxygens (including phenoxy) is 3. The predicted molar refractivity (Wildman–Crippen MR) is 91.6 cm³/mol. The number of hydrogen-bond acceptors (Lipinski definition) is 6. The van der Waals surface area contributed by atoms with Gasteiger partial charge in [-0.3, -0.25) is 9.69 Å². The fourth-order valence-corrected chi connectivity index (χ4v) is 2.84. The van der Waals surface area contributed by atoms with Gasteiger partial charge in [-0.1, -0.05) is 6.07 Å². The zero-order valence-corrected chi connectivity index (χ0v) is 14.6. The summed E-state index contributed by atoms with van der Waals surface area (Å²) in [5.74, 6) is 1.37. The summed E-state index contributed by atoms with van der Waals surface area (Å²) in [6, 6.07) is 5.96. The second-order valence-electron chi connectivity index (χ2n) is 5.61. The van der Waals surface area contributed by atoms with Crippen LogP contribution in [0.15, 0.2) is 18.2 Å². The number of carbonyl (C=O) groups excluding carboxylic acids is 1. The Kier molecular flexibility index (Phi) is 7.30. The van der Waals surface area contributed by atoms with Crippen LogP contribution < -0.4 is 20.1 Å². The molecular weight excluding hydrogens is 310 g/mol. The van der Waals surface area contributed by atoms with Crippen molar-refractivity contribution in [3.8, 4) is 11.5 Å². The van der Waals surface area contributed by atoms with Crippen molar-refractivity contribution in [1.29, 1.82) is 0 Å². The molecule has 0 radical (unpaired) electrons. The quantitative estimate of drug-likeness (QED) is 0.716. The molecule has 7 nitrogen and oxygen atoms in total. The smallest absolute Gasteiger partial charge is 0.234 e. The SMILES string of the molecule is CNCC(=O)NCC(c1ccc(OC)c(OC)c1)N1CCOCC1. The summed E-state index contributed by atoms with van der Waals surface area (Å²) in [5, 5.41) is 5.85. The normalized spacial score (nSPS) is 16.5. The van der Waals surface area contributed by atoms with Gasteiger partial charge in [0.1, 0.15) is 0 Å². The molecule has 1 aliphatic rings. The van der Waals surface area contributed by atoms with Crippen LogP contribution in [0.3, 0.4) is 0 Å². The summed E-state index contributed by atoms with van der Waals surface area (Å²) in [5.41, 5.74) is 1.08. The third-order valence-corrected chi connectivity index (χ3v) is 4.11. The van der Waals surface area contributed by atoms with E-state index in [1.165, 1.54) is 0 Å². The van der Waals surface area contributed by atoms with Crippen molar-refractivity contribution in [2.45, 2.75) is 6.04 Å². The van der Waals surface area contributed by atoms with Crippen molar-refractivity contribution in [3.63, 3.8) is 0 Å². The van der Waals surface area contributed by atoms with Gasteiger partial charge >= 0.3 is 0 Å². The monoisotopic (exact) mass is 337 g/mol. The average Bonchev–Trinajstić information content (AvgIpc) is 2.62. The van der Waals surface area contributed by atoms with E-state index in [2.05, 4.69) is 15.5 Å². The zero-order valence-electron chi connectivity index (χ0n) is 14.6. The van der Waals surface area contributed by atoms with E-state index in [4.69, 9.17) is 14.2 Å². The number of hydrogen-bond donors (Lipinski definition) is 2. The first-order chi connectivity index (χ1) is 11.7. The van der Waals surface area contributed by atoms with Crippen molar-refractivity contribution >= 4 is 5.91 Å². The number of likely N-dealkylation sites (N-methyl/N-ethyl adjacent to an activating group) is 1. The summed E-state index contributed by atoms with van der Waals surface area (Å²) < 4.78 is 16.2. The van der Waals surface area contributed by atoms with Crippen LogP contribution in [-0.4, -0.2) is 71.5 Å². The molecule has 134 valence electrons. The highest BCUT2D eigenvalue weighted by molar-refractivity contribution is 5.78. The van der Waals surface area contributed by atoms with Gasteiger partial charge in [0.25, 0.3) is 0 Å². The van der Waals surface area contributed by atoms with Gasteiger partial charge in [0, 0.05) is 19.6 Å². The van der Waals surface area contributed by atoms with Crippen LogP contribution in [0.4, 0.5) is 0 Å². The van der Waals surface area contributed by atoms with Crippen LogP contribution in [0, 0.1) is 0 Å². The molecular formula is C17H27N3O4. The maximum Gasteiger partial charge on any atom is 0.234 e. The number of methoxy groups -OCH3 is 2. The van der Waals surface area contributed by atoms with Gasteiger partial charge in [-0.2, -0.15) is 0 Å². The van der Waals surface area contributed by atoms with E-state index in [-0.39, 0.29) is 11.9 Å². The van der Waals surface area contributed by atoms with Gasteiger partial charge in [0.15, 0.2) is 11.5 Å². The van der Waals surface area contributed by atoms with Gasteiger partial charge in [-0.05, 0) is 24.7 Å². The van der Waals surface area contributed by atoms with Gasteiger partial charge in [-0.15, -0.1) is 0 Å². The highest BCUT2D eigenvalue weighted by atomic mass is 16.5. The molecule has 1 atom stereocenters. The van der Waals surface area contributed by atoms with Gasteiger partial charge in [0.05, 0.1) is 40.0 Å². The Balaban J connectivity index is 2.18. The number of benzene rings is 1. The molecule has 2 N–H and O–H groups in total. The molecule has 0 spiro atoms. The average molecular weight is 337 g/mol. The van der Waals surface area contributed by atoms with Crippen LogP contribution in [0.25, 0.3) is 0 Å². The minimum Gasteiger partial charge on any atom is -0.493 e. The Morgan fingerprint density at radius 2 is 1.96 bits per heavy atom. The van der Waals surface area contributed by atoms with Crippen molar-refractivity contribution in [1.82, 2.24) is 15.5 Å². The van der Waals surface area contributed by atoms with Crippen LogP contribution in [0.5, 0.6) is 11.5 Å². The lowest BCUT2D eigenvalue weighted by molar-refractivity contribution is -0.120. The summed E-state index contributed by atoms with van der Waals surface area (Å²) >= 11 is 0. The fraction of sp³-hybridized carbons (Fsp3) is 0.588. The zero-order chi connectivity index (χ0) is 17.4. The first-order valence-electron chi connectivity index (χ1n) is 8.14. The van der Waals surface area contributed by atoms with Crippen molar-refractivity contribution in [2.24, 2.45) is 0 Å². The van der Waals surface area contributed by atoms with Gasteiger partial charge in [-0.25, -0.2) is 0 Å². The predicted octanol–water partition coefficient (Wildman–Crippen LogP) is 0.413. The van der Waals surface area contributed by atoms with Crippen LogP contribution in [0.2, 0.25) is 0 Å². The van der Waals surface area contributed by atoms with Crippen molar-refractivity contribution in [2.75, 3.05) is 60.7 Å². The lowest BCUT2D eigenvalue weighted by atomic mass is 10.0. The number of nitrogens with zero attached hydrogens (tertiary/aromatic N) is 1. The molecule has 1 aromatic rings. The van der Waals surface area contributed by atoms with E-state index in [1.807, 2.05) is 18.2 Å². The minimum absolute atomic E-state index is 0.0174. The number of carbonyl (C=O) groups is 1. The second-order valence-corrected chi connectivity index (χ2v) is 5.61. The summed E-state index contributed by atoms with van der Waals surface area (Å²) in [4.78, 5) is 14.1. The van der Waals surface area contributed by atoms with Crippen molar-refractivity contribution in [3.05, 3.63) is 23.8 Å². The fourth-order valence-electron chi connectivity index (χ4n) is 2.84. The maximum atomic E-state index is 11.8. The molecule has 0 aliphatic carbocycles. The highest BCUT2D eigenvalue weighted by Crippen LogP contribution is 2.32. The molecule has 0 saturated carbocycles. The largest absolute Gasteiger partial charge is 0.493 e. The van der Waals surface area contributed by atoms with E-state index in [1.54, 1.807) is 21.3 Å². The molecule has 1 aliphatic heterocycles. The molecule has 1 unspecified atom stereocenters.